The summed E-state index contributed by atoms with van der Waals surface area (Å²) in [6.45, 7) is 0.540. The van der Waals surface area contributed by atoms with Gasteiger partial charge in [0.05, 0.1) is 5.69 Å². The van der Waals surface area contributed by atoms with E-state index < -0.39 is 6.29 Å². The smallest absolute Gasteiger partial charge is 0.331 e. The SMILES string of the molecule is COC(OC)c1cc(=O)n(C)c(=O)n1CCCCCBr. The van der Waals surface area contributed by atoms with Crippen LogP contribution >= 0.6 is 15.9 Å². The quantitative estimate of drug-likeness (QED) is 0.404. The molecule has 7 heteroatoms. The summed E-state index contributed by atoms with van der Waals surface area (Å²) in [7, 11) is 4.43. The summed E-state index contributed by atoms with van der Waals surface area (Å²) in [5.41, 5.74) is -0.242. The standard InChI is InChI=1S/C13H21BrN2O4/c1-15-11(17)9-10(12(19-2)20-3)16(13(15)18)8-6-4-5-7-14/h9,12H,4-8H2,1-3H3. The van der Waals surface area contributed by atoms with Crippen molar-refractivity contribution in [1.82, 2.24) is 9.13 Å². The number of methoxy groups -OCH3 is 2. The molecule has 1 heterocycles. The topological polar surface area (TPSA) is 62.5 Å². The molecule has 0 amide bonds. The van der Waals surface area contributed by atoms with E-state index in [-0.39, 0.29) is 11.2 Å². The second kappa shape index (κ2) is 8.39. The van der Waals surface area contributed by atoms with Crippen molar-refractivity contribution < 1.29 is 9.47 Å². The van der Waals surface area contributed by atoms with Gasteiger partial charge in [0.25, 0.3) is 5.56 Å². The lowest BCUT2D eigenvalue weighted by Gasteiger charge is -2.19. The number of alkyl halides is 1. The van der Waals surface area contributed by atoms with Crippen LogP contribution in [0.2, 0.25) is 0 Å². The van der Waals surface area contributed by atoms with E-state index in [1.165, 1.54) is 27.3 Å². The molecule has 1 aromatic rings. The van der Waals surface area contributed by atoms with E-state index in [0.29, 0.717) is 12.2 Å². The number of hydrogen-bond acceptors (Lipinski definition) is 4. The Morgan fingerprint density at radius 3 is 2.40 bits per heavy atom. The molecule has 0 spiro atoms. The first-order valence-electron chi connectivity index (χ1n) is 6.49. The van der Waals surface area contributed by atoms with Crippen LogP contribution in [0.4, 0.5) is 0 Å². The minimum absolute atomic E-state index is 0.342. The average molecular weight is 349 g/mol. The van der Waals surface area contributed by atoms with Crippen LogP contribution in [0.1, 0.15) is 31.2 Å². The van der Waals surface area contributed by atoms with Crippen LogP contribution in [-0.4, -0.2) is 28.7 Å². The van der Waals surface area contributed by atoms with Gasteiger partial charge in [-0.15, -0.1) is 0 Å². The minimum atomic E-state index is -0.715. The predicted molar refractivity (Wildman–Crippen MR) is 80.3 cm³/mol. The molecule has 0 bridgehead atoms. The average Bonchev–Trinajstić information content (AvgIpc) is 2.45. The van der Waals surface area contributed by atoms with E-state index in [9.17, 15) is 9.59 Å². The van der Waals surface area contributed by atoms with Crippen LogP contribution in [0.3, 0.4) is 0 Å². The van der Waals surface area contributed by atoms with Crippen molar-refractivity contribution in [3.63, 3.8) is 0 Å². The first-order chi connectivity index (χ1) is 9.56. The van der Waals surface area contributed by atoms with Gasteiger partial charge in [-0.2, -0.15) is 0 Å². The summed E-state index contributed by atoms with van der Waals surface area (Å²) in [5.74, 6) is 0. The number of hydrogen-bond donors (Lipinski definition) is 0. The van der Waals surface area contributed by atoms with Gasteiger partial charge < -0.3 is 9.47 Å². The third-order valence-corrected chi connectivity index (χ3v) is 3.68. The van der Waals surface area contributed by atoms with Crippen molar-refractivity contribution in [2.45, 2.75) is 32.1 Å². The van der Waals surface area contributed by atoms with E-state index in [4.69, 9.17) is 9.47 Å². The van der Waals surface area contributed by atoms with Crippen molar-refractivity contribution in [2.24, 2.45) is 7.05 Å². The fraction of sp³-hybridized carbons (Fsp3) is 0.692. The van der Waals surface area contributed by atoms with Crippen molar-refractivity contribution in [1.29, 1.82) is 0 Å². The van der Waals surface area contributed by atoms with Crippen LogP contribution in [-0.2, 0) is 23.1 Å². The molecule has 0 aromatic carbocycles. The zero-order chi connectivity index (χ0) is 15.1. The molecule has 6 nitrogen and oxygen atoms in total. The van der Waals surface area contributed by atoms with Crippen molar-refractivity contribution in [3.8, 4) is 0 Å². The molecular weight excluding hydrogens is 328 g/mol. The maximum absolute atomic E-state index is 12.2. The van der Waals surface area contributed by atoms with Crippen molar-refractivity contribution in [3.05, 3.63) is 32.6 Å². The predicted octanol–water partition coefficient (Wildman–Crippen LogP) is 1.40. The van der Waals surface area contributed by atoms with Gasteiger partial charge in [-0.3, -0.25) is 13.9 Å². The summed E-state index contributed by atoms with van der Waals surface area (Å²) >= 11 is 3.38. The van der Waals surface area contributed by atoms with Gasteiger partial charge in [0.15, 0.2) is 6.29 Å². The van der Waals surface area contributed by atoms with Crippen LogP contribution < -0.4 is 11.2 Å². The Balaban J connectivity index is 3.13. The molecule has 0 aliphatic heterocycles. The van der Waals surface area contributed by atoms with E-state index >= 15 is 0 Å². The molecule has 1 aromatic heterocycles. The molecule has 0 saturated carbocycles. The summed E-state index contributed by atoms with van der Waals surface area (Å²) in [4.78, 5) is 24.0. The molecule has 0 fully saturated rings. The number of rotatable bonds is 8. The largest absolute Gasteiger partial charge is 0.350 e. The lowest BCUT2D eigenvalue weighted by atomic mass is 10.2. The molecule has 0 saturated heterocycles. The highest BCUT2D eigenvalue weighted by molar-refractivity contribution is 9.09. The molecule has 114 valence electrons. The summed E-state index contributed by atoms with van der Waals surface area (Å²) < 4.78 is 13.0. The number of nitrogens with zero attached hydrogens (tertiary/aromatic N) is 2. The fourth-order valence-electron chi connectivity index (χ4n) is 1.99. The molecule has 0 radical (unpaired) electrons. The molecule has 0 N–H and O–H groups in total. The van der Waals surface area contributed by atoms with Crippen LogP contribution in [0.25, 0.3) is 0 Å². The lowest BCUT2D eigenvalue weighted by molar-refractivity contribution is -0.111. The zero-order valence-electron chi connectivity index (χ0n) is 12.1. The van der Waals surface area contributed by atoms with Crippen LogP contribution in [0, 0.1) is 0 Å². The number of ether oxygens (including phenoxy) is 2. The maximum Gasteiger partial charge on any atom is 0.331 e. The van der Waals surface area contributed by atoms with Gasteiger partial charge >= 0.3 is 5.69 Å². The van der Waals surface area contributed by atoms with Crippen molar-refractivity contribution >= 4 is 15.9 Å². The Morgan fingerprint density at radius 1 is 1.20 bits per heavy atom. The highest BCUT2D eigenvalue weighted by atomic mass is 79.9. The van der Waals surface area contributed by atoms with Gasteiger partial charge in [-0.1, -0.05) is 22.4 Å². The third kappa shape index (κ3) is 4.04. The zero-order valence-corrected chi connectivity index (χ0v) is 13.7. The first-order valence-corrected chi connectivity index (χ1v) is 7.61. The Labute approximate surface area is 126 Å². The van der Waals surface area contributed by atoms with E-state index in [2.05, 4.69) is 15.9 Å². The molecule has 0 aliphatic carbocycles. The fourth-order valence-corrected chi connectivity index (χ4v) is 2.38. The van der Waals surface area contributed by atoms with Gasteiger partial charge in [-0.05, 0) is 12.8 Å². The first kappa shape index (κ1) is 17.1. The number of halogens is 1. The Hall–Kier alpha value is -0.920. The monoisotopic (exact) mass is 348 g/mol. The van der Waals surface area contributed by atoms with Gasteiger partial charge in [-0.25, -0.2) is 4.79 Å². The normalized spacial score (nSPS) is 11.2. The van der Waals surface area contributed by atoms with Crippen LogP contribution in [0.5, 0.6) is 0 Å². The second-order valence-corrected chi connectivity index (χ2v) is 5.25. The number of aromatic nitrogens is 2. The molecule has 1 rings (SSSR count). The number of unbranched alkanes of at least 4 members (excludes halogenated alkanes) is 2. The minimum Gasteiger partial charge on any atom is -0.350 e. The Kier molecular flexibility index (Phi) is 7.18. The summed E-state index contributed by atoms with van der Waals surface area (Å²) in [6, 6.07) is 1.39. The van der Waals surface area contributed by atoms with Gasteiger partial charge in [0, 0.05) is 39.2 Å². The summed E-state index contributed by atoms with van der Waals surface area (Å²) in [5, 5.41) is 0.945. The molecule has 0 unspecified atom stereocenters. The van der Waals surface area contributed by atoms with Crippen LogP contribution in [0.15, 0.2) is 15.7 Å². The van der Waals surface area contributed by atoms with E-state index in [1.807, 2.05) is 0 Å². The lowest BCUT2D eigenvalue weighted by Crippen LogP contribution is -2.40. The Morgan fingerprint density at radius 2 is 1.85 bits per heavy atom. The maximum atomic E-state index is 12.2. The summed E-state index contributed by atoms with van der Waals surface area (Å²) in [6.07, 6.45) is 2.20. The highest BCUT2D eigenvalue weighted by Crippen LogP contribution is 2.15. The highest BCUT2D eigenvalue weighted by Gasteiger charge is 2.17. The van der Waals surface area contributed by atoms with Gasteiger partial charge in [0.1, 0.15) is 0 Å². The third-order valence-electron chi connectivity index (χ3n) is 3.12. The van der Waals surface area contributed by atoms with Gasteiger partial charge in [0.2, 0.25) is 0 Å². The molecule has 0 atom stereocenters. The second-order valence-electron chi connectivity index (χ2n) is 4.45. The van der Waals surface area contributed by atoms with E-state index in [1.54, 1.807) is 4.57 Å². The molecular formula is C13H21BrN2O4. The molecule has 0 aliphatic rings. The van der Waals surface area contributed by atoms with Crippen molar-refractivity contribution in [2.75, 3.05) is 19.5 Å². The Bertz CT molecular complexity index is 534. The van der Waals surface area contributed by atoms with E-state index in [0.717, 1.165) is 29.2 Å². The molecule has 20 heavy (non-hydrogen) atoms.